The number of carbonyl (C=O) groups is 3. The first-order valence-electron chi connectivity index (χ1n) is 10.7. The van der Waals surface area contributed by atoms with Gasteiger partial charge >= 0.3 is 5.97 Å². The van der Waals surface area contributed by atoms with E-state index in [-0.39, 0.29) is 22.7 Å². The zero-order chi connectivity index (χ0) is 26.5. The number of aliphatic hydroxyl groups excluding tert-OH is 1. The number of benzene rings is 2. The van der Waals surface area contributed by atoms with E-state index in [0.717, 1.165) is 16.8 Å². The molecule has 0 saturated carbocycles. The molecular formula is C22H23N3O10S. The van der Waals surface area contributed by atoms with Gasteiger partial charge in [0.2, 0.25) is 0 Å². The Morgan fingerprint density at radius 2 is 1.83 bits per heavy atom. The highest BCUT2D eigenvalue weighted by Gasteiger charge is 2.48. The summed E-state index contributed by atoms with van der Waals surface area (Å²) in [6, 6.07) is 11.8. The summed E-state index contributed by atoms with van der Waals surface area (Å²) >= 11 is 0. The van der Waals surface area contributed by atoms with Crippen LogP contribution in [0.3, 0.4) is 0 Å². The van der Waals surface area contributed by atoms with Gasteiger partial charge in [-0.2, -0.15) is 8.42 Å². The molecule has 14 heteroatoms. The van der Waals surface area contributed by atoms with Crippen molar-refractivity contribution in [1.82, 2.24) is 5.06 Å². The third kappa shape index (κ3) is 6.62. The van der Waals surface area contributed by atoms with Crippen LogP contribution in [0.4, 0.5) is 11.4 Å². The van der Waals surface area contributed by atoms with Gasteiger partial charge in [0.05, 0.1) is 23.5 Å². The van der Waals surface area contributed by atoms with Crippen LogP contribution in [0.1, 0.15) is 36.0 Å². The first-order chi connectivity index (χ1) is 17.0. The summed E-state index contributed by atoms with van der Waals surface area (Å²) in [6.45, 7) is -0.0648. The van der Waals surface area contributed by atoms with Gasteiger partial charge in [-0.15, -0.1) is 5.06 Å². The number of carbonyl (C=O) groups excluding carboxylic acids is 3. The van der Waals surface area contributed by atoms with Gasteiger partial charge in [0, 0.05) is 24.7 Å². The van der Waals surface area contributed by atoms with Gasteiger partial charge in [-0.1, -0.05) is 18.2 Å². The van der Waals surface area contributed by atoms with Crippen molar-refractivity contribution in [1.29, 1.82) is 0 Å². The Morgan fingerprint density at radius 1 is 1.17 bits per heavy atom. The fourth-order valence-electron chi connectivity index (χ4n) is 3.54. The normalized spacial score (nSPS) is 15.7. The largest absolute Gasteiger partial charge is 0.391 e. The van der Waals surface area contributed by atoms with Gasteiger partial charge in [-0.3, -0.25) is 24.3 Å². The number of aryl methyl sites for hydroxylation is 1. The molecule has 1 fully saturated rings. The summed E-state index contributed by atoms with van der Waals surface area (Å²) in [7, 11) is -4.78. The number of nitrogens with zero attached hydrogens (tertiary/aromatic N) is 2. The molecule has 0 radical (unpaired) electrons. The zero-order valence-corrected chi connectivity index (χ0v) is 19.6. The van der Waals surface area contributed by atoms with E-state index in [4.69, 9.17) is 4.55 Å². The van der Waals surface area contributed by atoms with E-state index >= 15 is 0 Å². The van der Waals surface area contributed by atoms with Crippen molar-refractivity contribution >= 4 is 39.3 Å². The van der Waals surface area contributed by atoms with Crippen molar-refractivity contribution in [2.45, 2.75) is 44.1 Å². The molecule has 0 aliphatic carbocycles. The number of nitrogens with one attached hydrogen (secondary N) is 1. The molecule has 3 N–H and O–H groups in total. The quantitative estimate of drug-likeness (QED) is 0.168. The molecule has 1 aliphatic rings. The molecule has 3 rings (SSSR count). The lowest BCUT2D eigenvalue weighted by Gasteiger charge is -2.13. The molecule has 1 aliphatic heterocycles. The number of imide groups is 1. The number of nitro benzene ring substituents is 1. The first kappa shape index (κ1) is 26.7. The van der Waals surface area contributed by atoms with Crippen LogP contribution >= 0.6 is 0 Å². The van der Waals surface area contributed by atoms with Gasteiger partial charge < -0.3 is 15.3 Å². The molecule has 2 amide bonds. The predicted octanol–water partition coefficient (Wildman–Crippen LogP) is 1.50. The van der Waals surface area contributed by atoms with E-state index in [1.807, 2.05) is 24.3 Å². The van der Waals surface area contributed by atoms with E-state index in [1.54, 1.807) is 12.1 Å². The lowest BCUT2D eigenvalue weighted by atomic mass is 10.1. The molecule has 0 bridgehead atoms. The Balaban J connectivity index is 1.45. The van der Waals surface area contributed by atoms with Gasteiger partial charge in [-0.25, -0.2) is 4.79 Å². The maximum Gasteiger partial charge on any atom is 0.333 e. The molecule has 1 heterocycles. The minimum atomic E-state index is -4.78. The Morgan fingerprint density at radius 3 is 2.42 bits per heavy atom. The van der Waals surface area contributed by atoms with Crippen LogP contribution in [-0.2, 0) is 48.9 Å². The highest BCUT2D eigenvalue weighted by Crippen LogP contribution is 2.22. The molecule has 2 aromatic carbocycles. The minimum Gasteiger partial charge on any atom is -0.391 e. The number of aliphatic hydroxyl groups is 1. The number of rotatable bonds is 11. The van der Waals surface area contributed by atoms with Crippen LogP contribution in [-0.4, -0.2) is 51.1 Å². The average molecular weight is 522 g/mol. The maximum absolute atomic E-state index is 12.0. The van der Waals surface area contributed by atoms with Crippen molar-refractivity contribution in [2.24, 2.45) is 0 Å². The molecular weight excluding hydrogens is 498 g/mol. The van der Waals surface area contributed by atoms with Crippen molar-refractivity contribution in [3.8, 4) is 0 Å². The number of hydroxylamine groups is 2. The van der Waals surface area contributed by atoms with E-state index in [9.17, 15) is 38.0 Å². The maximum atomic E-state index is 12.0. The van der Waals surface area contributed by atoms with Gasteiger partial charge in [0.15, 0.2) is 5.25 Å². The Labute approximate surface area is 205 Å². The molecule has 1 atom stereocenters. The van der Waals surface area contributed by atoms with Crippen LogP contribution in [0.15, 0.2) is 42.5 Å². The Kier molecular flexibility index (Phi) is 8.34. The standard InChI is InChI=1S/C22H23N3O10S/c26-13-16-10-15(6-9-18(16)25(30)31)12-23-17-7-4-14(5-8-17)2-1-3-21(28)35-24-20(27)11-19(22(24)29)36(32,33)34/h4-10,19,23,26H,1-3,11-13H2,(H,32,33,34). The van der Waals surface area contributed by atoms with Crippen molar-refractivity contribution in [3.63, 3.8) is 0 Å². The molecule has 1 unspecified atom stereocenters. The lowest BCUT2D eigenvalue weighted by molar-refractivity contribution is -0.385. The summed E-state index contributed by atoms with van der Waals surface area (Å²) in [5.41, 5.74) is 2.51. The summed E-state index contributed by atoms with van der Waals surface area (Å²) in [4.78, 5) is 50.7. The molecule has 0 spiro atoms. The van der Waals surface area contributed by atoms with Gasteiger partial charge in [0.25, 0.3) is 27.6 Å². The number of nitro groups is 1. The smallest absolute Gasteiger partial charge is 0.333 e. The number of hydrogen-bond acceptors (Lipinski definition) is 10. The summed E-state index contributed by atoms with van der Waals surface area (Å²) < 4.78 is 31.2. The first-order valence-corrected chi connectivity index (χ1v) is 12.2. The van der Waals surface area contributed by atoms with Crippen molar-refractivity contribution in [3.05, 3.63) is 69.3 Å². The average Bonchev–Trinajstić information content (AvgIpc) is 3.12. The fraction of sp³-hybridized carbons (Fsp3) is 0.318. The summed E-state index contributed by atoms with van der Waals surface area (Å²) in [5.74, 6) is -3.23. The number of anilines is 1. The van der Waals surface area contributed by atoms with Crippen molar-refractivity contribution in [2.75, 3.05) is 5.32 Å². The summed E-state index contributed by atoms with van der Waals surface area (Å²) in [5, 5.41) is 21.6. The predicted molar refractivity (Wildman–Crippen MR) is 124 cm³/mol. The Bertz CT molecular complexity index is 1280. The van der Waals surface area contributed by atoms with E-state index in [0.29, 0.717) is 19.4 Å². The highest BCUT2D eigenvalue weighted by molar-refractivity contribution is 7.87. The molecule has 36 heavy (non-hydrogen) atoms. The number of hydrogen-bond donors (Lipinski definition) is 3. The molecule has 13 nitrogen and oxygen atoms in total. The van der Waals surface area contributed by atoms with Crippen molar-refractivity contribution < 1.29 is 42.2 Å². The third-order valence-electron chi connectivity index (χ3n) is 5.42. The second kappa shape index (κ2) is 11.2. The monoisotopic (exact) mass is 521 g/mol. The molecule has 1 saturated heterocycles. The second-order valence-electron chi connectivity index (χ2n) is 7.98. The van der Waals surface area contributed by atoms with Crippen LogP contribution in [0, 0.1) is 10.1 Å². The molecule has 0 aromatic heterocycles. The second-order valence-corrected chi connectivity index (χ2v) is 9.58. The lowest BCUT2D eigenvalue weighted by Crippen LogP contribution is -2.36. The van der Waals surface area contributed by atoms with Crippen LogP contribution in [0.25, 0.3) is 0 Å². The van der Waals surface area contributed by atoms with Gasteiger partial charge in [0.1, 0.15) is 0 Å². The molecule has 2 aromatic rings. The topological polar surface area (TPSA) is 193 Å². The molecule has 192 valence electrons. The van der Waals surface area contributed by atoms with Gasteiger partial charge in [-0.05, 0) is 42.2 Å². The van der Waals surface area contributed by atoms with Crippen LogP contribution in [0.2, 0.25) is 0 Å². The van der Waals surface area contributed by atoms with Crippen LogP contribution < -0.4 is 5.32 Å². The number of amides is 2. The van der Waals surface area contributed by atoms with E-state index in [1.165, 1.54) is 6.07 Å². The SMILES string of the molecule is O=C(CCCc1ccc(NCc2ccc([N+](=O)[O-])c(CO)c2)cc1)ON1C(=O)CC(S(=O)(=O)O)C1=O. The van der Waals surface area contributed by atoms with E-state index in [2.05, 4.69) is 10.2 Å². The Hall–Kier alpha value is -3.88. The highest BCUT2D eigenvalue weighted by atomic mass is 32.2. The van der Waals surface area contributed by atoms with E-state index < -0.39 is 51.1 Å². The fourth-order valence-corrected chi connectivity index (χ4v) is 4.25. The van der Waals surface area contributed by atoms with Crippen LogP contribution in [0.5, 0.6) is 0 Å². The zero-order valence-electron chi connectivity index (χ0n) is 18.8. The summed E-state index contributed by atoms with van der Waals surface area (Å²) in [6.07, 6.45) is -0.123. The third-order valence-corrected chi connectivity index (χ3v) is 6.51. The minimum absolute atomic E-state index is 0.0790.